The topological polar surface area (TPSA) is 0 Å². The van der Waals surface area contributed by atoms with E-state index in [-0.39, 0.29) is 41.1 Å². The van der Waals surface area contributed by atoms with Crippen LogP contribution in [0.4, 0.5) is 0 Å². The van der Waals surface area contributed by atoms with E-state index >= 15 is 0 Å². The number of hydrogen-bond acceptors (Lipinski definition) is 0. The van der Waals surface area contributed by atoms with E-state index in [2.05, 4.69) is 97.1 Å². The monoisotopic (exact) mass is 462 g/mol. The van der Waals surface area contributed by atoms with Crippen LogP contribution in [0.5, 0.6) is 0 Å². The third-order valence-electron chi connectivity index (χ3n) is 5.88. The Morgan fingerprint density at radius 3 is 1.33 bits per heavy atom. The molecule has 0 spiro atoms. The summed E-state index contributed by atoms with van der Waals surface area (Å²) in [4.78, 5) is 0. The number of fused-ring (bicyclic) bond motifs is 6. The van der Waals surface area contributed by atoms with E-state index in [0.29, 0.717) is 0 Å². The van der Waals surface area contributed by atoms with Crippen molar-refractivity contribution in [3.05, 3.63) is 123 Å². The second-order valence-corrected chi connectivity index (χ2v) is 7.40. The van der Waals surface area contributed by atoms with Crippen molar-refractivity contribution in [3.8, 4) is 0 Å². The van der Waals surface area contributed by atoms with Crippen molar-refractivity contribution in [3.63, 3.8) is 0 Å². The minimum Gasteiger partial charge on any atom is -0.358 e. The molecule has 6 aromatic carbocycles. The Labute approximate surface area is 198 Å². The predicted octanol–water partition coefficient (Wildman–Crippen LogP) is 8.23. The maximum absolute atomic E-state index is 2.35. The molecule has 0 atom stereocenters. The molecule has 0 aromatic heterocycles. The molecule has 6 aromatic rings. The molecule has 0 aliphatic carbocycles. The first kappa shape index (κ1) is 22.2. The summed E-state index contributed by atoms with van der Waals surface area (Å²) < 4.78 is 0. The van der Waals surface area contributed by atoms with Crippen LogP contribution in [0.15, 0.2) is 97.1 Å². The Balaban J connectivity index is 0.000000853. The Bertz CT molecular complexity index is 1330. The maximum atomic E-state index is 2.35. The van der Waals surface area contributed by atoms with Crippen LogP contribution in [-0.2, 0) is 32.6 Å². The third kappa shape index (κ3) is 3.36. The van der Waals surface area contributed by atoms with Gasteiger partial charge in [-0.25, -0.2) is 0 Å². The van der Waals surface area contributed by atoms with Crippen molar-refractivity contribution in [1.29, 1.82) is 0 Å². The SMILES string of the molecule is [CH3-].[CH3-].[Zr+4].c1ccc2c(c1)[cH-]c1c(Cc3cccc4c3[cH-]c3ccccc34)cccc12. The number of rotatable bonds is 2. The van der Waals surface area contributed by atoms with Crippen LogP contribution in [-0.4, -0.2) is 0 Å². The zero-order valence-corrected chi connectivity index (χ0v) is 19.9. The van der Waals surface area contributed by atoms with Crippen molar-refractivity contribution in [2.45, 2.75) is 6.42 Å². The summed E-state index contributed by atoms with van der Waals surface area (Å²) in [5.41, 5.74) is 2.81. The predicted molar refractivity (Wildman–Crippen MR) is 130 cm³/mol. The van der Waals surface area contributed by atoms with Gasteiger partial charge < -0.3 is 14.9 Å². The molecule has 0 heterocycles. The van der Waals surface area contributed by atoms with Gasteiger partial charge in [-0.3, -0.25) is 0 Å². The summed E-state index contributed by atoms with van der Waals surface area (Å²) in [6.45, 7) is 0. The molecule has 0 fully saturated rings. The molecule has 0 aliphatic rings. The molecule has 0 nitrogen and oxygen atoms in total. The van der Waals surface area contributed by atoms with Gasteiger partial charge in [0.05, 0.1) is 0 Å². The number of hydrogen-bond donors (Lipinski definition) is 0. The van der Waals surface area contributed by atoms with E-state index in [1.165, 1.54) is 54.2 Å². The molecule has 0 saturated carbocycles. The molecule has 0 amide bonds. The zero-order chi connectivity index (χ0) is 17.8. The molecule has 0 saturated heterocycles. The van der Waals surface area contributed by atoms with Crippen molar-refractivity contribution >= 4 is 43.1 Å². The van der Waals surface area contributed by atoms with Crippen molar-refractivity contribution in [2.75, 3.05) is 0 Å². The van der Waals surface area contributed by atoms with E-state index < -0.39 is 0 Å². The van der Waals surface area contributed by atoms with Crippen LogP contribution in [0.25, 0.3) is 43.1 Å². The molecule has 6 rings (SSSR count). The molecule has 1 heteroatoms. The van der Waals surface area contributed by atoms with Gasteiger partial charge in [-0.15, -0.1) is 78.5 Å². The summed E-state index contributed by atoms with van der Waals surface area (Å²) in [6, 6.07) is 35.5. The van der Waals surface area contributed by atoms with Crippen LogP contribution in [0, 0.1) is 14.9 Å². The quantitative estimate of drug-likeness (QED) is 0.227. The fourth-order valence-corrected chi connectivity index (χ4v) is 4.60. The molecule has 144 valence electrons. The van der Waals surface area contributed by atoms with Gasteiger partial charge in [0.1, 0.15) is 0 Å². The standard InChI is InChI=1S/C27H18.2CH3.Zr/c1-3-11-22-20(7-1)16-26-18(9-5-13-24(22)26)15-19-10-6-14-25-23-12-4-2-8-21(23)17-27(19)25;;;/h1-14,16-17H,15H2;2*1H3;/q-2;2*-1;+4. The minimum atomic E-state index is 0. The van der Waals surface area contributed by atoms with Crippen LogP contribution in [0.1, 0.15) is 11.1 Å². The molecule has 0 bridgehead atoms. The van der Waals surface area contributed by atoms with Crippen LogP contribution < -0.4 is 0 Å². The number of benzene rings is 4. The summed E-state index contributed by atoms with van der Waals surface area (Å²) >= 11 is 0. The smallest absolute Gasteiger partial charge is 0.358 e. The fourth-order valence-electron chi connectivity index (χ4n) is 4.60. The Morgan fingerprint density at radius 1 is 0.467 bits per heavy atom. The van der Waals surface area contributed by atoms with Gasteiger partial charge in [0.15, 0.2) is 0 Å². The first-order chi connectivity index (χ1) is 13.4. The first-order valence-corrected chi connectivity index (χ1v) is 9.50. The molecule has 0 radical (unpaired) electrons. The van der Waals surface area contributed by atoms with E-state index in [1.54, 1.807) is 0 Å². The van der Waals surface area contributed by atoms with E-state index in [4.69, 9.17) is 0 Å². The minimum absolute atomic E-state index is 0. The average molecular weight is 464 g/mol. The average Bonchev–Trinajstić information content (AvgIpc) is 3.28. The molecular weight excluding hydrogens is 440 g/mol. The molecule has 30 heavy (non-hydrogen) atoms. The second-order valence-electron chi connectivity index (χ2n) is 7.40. The Kier molecular flexibility index (Phi) is 6.44. The first-order valence-electron chi connectivity index (χ1n) is 9.50. The zero-order valence-electron chi connectivity index (χ0n) is 17.4. The summed E-state index contributed by atoms with van der Waals surface area (Å²) in [5.74, 6) is 0. The van der Waals surface area contributed by atoms with E-state index in [0.717, 1.165) is 6.42 Å². The van der Waals surface area contributed by atoms with Gasteiger partial charge in [-0.2, -0.15) is 0 Å². The van der Waals surface area contributed by atoms with E-state index in [9.17, 15) is 0 Å². The Morgan fingerprint density at radius 2 is 0.867 bits per heavy atom. The van der Waals surface area contributed by atoms with E-state index in [1.807, 2.05) is 0 Å². The normalized spacial score (nSPS) is 10.7. The van der Waals surface area contributed by atoms with Crippen LogP contribution in [0.3, 0.4) is 0 Å². The maximum Gasteiger partial charge on any atom is 4.00 e. The molecule has 0 aliphatic heterocycles. The molecule has 0 N–H and O–H groups in total. The summed E-state index contributed by atoms with van der Waals surface area (Å²) in [5, 5.41) is 10.9. The molecular formula is C29H24Zr. The van der Waals surface area contributed by atoms with Crippen molar-refractivity contribution < 1.29 is 26.2 Å². The fraction of sp³-hybridized carbons (Fsp3) is 0.0345. The van der Waals surface area contributed by atoms with Gasteiger partial charge in [0.2, 0.25) is 0 Å². The third-order valence-corrected chi connectivity index (χ3v) is 5.88. The van der Waals surface area contributed by atoms with Crippen molar-refractivity contribution in [2.24, 2.45) is 0 Å². The second kappa shape index (κ2) is 8.70. The van der Waals surface area contributed by atoms with Gasteiger partial charge in [0, 0.05) is 0 Å². The molecule has 0 unspecified atom stereocenters. The van der Waals surface area contributed by atoms with Crippen LogP contribution >= 0.6 is 0 Å². The van der Waals surface area contributed by atoms with Crippen LogP contribution in [0.2, 0.25) is 0 Å². The van der Waals surface area contributed by atoms with Crippen molar-refractivity contribution in [1.82, 2.24) is 0 Å². The summed E-state index contributed by atoms with van der Waals surface area (Å²) in [6.07, 6.45) is 0.960. The summed E-state index contributed by atoms with van der Waals surface area (Å²) in [7, 11) is 0. The van der Waals surface area contributed by atoms with Gasteiger partial charge in [0.25, 0.3) is 0 Å². The van der Waals surface area contributed by atoms with Gasteiger partial charge in [-0.1, -0.05) is 79.2 Å². The largest absolute Gasteiger partial charge is 4.00 e. The van der Waals surface area contributed by atoms with Gasteiger partial charge in [-0.05, 0) is 0 Å². The Hall–Kier alpha value is -2.50. The van der Waals surface area contributed by atoms with Gasteiger partial charge >= 0.3 is 26.2 Å².